The summed E-state index contributed by atoms with van der Waals surface area (Å²) in [4.78, 5) is 24.9. The third-order valence-corrected chi connectivity index (χ3v) is 13.1. The van der Waals surface area contributed by atoms with E-state index in [0.717, 1.165) is 49.7 Å². The van der Waals surface area contributed by atoms with Gasteiger partial charge in [0.05, 0.1) is 0 Å². The molecule has 8 rings (SSSR count). The summed E-state index contributed by atoms with van der Waals surface area (Å²) in [5, 5.41) is 0. The Bertz CT molecular complexity index is 1250. The lowest BCUT2D eigenvalue weighted by atomic mass is 9.45. The van der Waals surface area contributed by atoms with Gasteiger partial charge in [-0.2, -0.15) is 0 Å². The zero-order valence-corrected chi connectivity index (χ0v) is 26.7. The van der Waals surface area contributed by atoms with E-state index in [4.69, 9.17) is 33.2 Å². The molecule has 2 saturated carbocycles. The van der Waals surface area contributed by atoms with Gasteiger partial charge in [-0.15, -0.1) is 0 Å². The van der Waals surface area contributed by atoms with Crippen LogP contribution in [-0.2, 0) is 42.7 Å². The van der Waals surface area contributed by atoms with Gasteiger partial charge in [-0.05, 0) is 48.7 Å². The van der Waals surface area contributed by atoms with E-state index in [1.54, 1.807) is 0 Å². The van der Waals surface area contributed by atoms with Gasteiger partial charge < -0.3 is 33.2 Å². The zero-order chi connectivity index (χ0) is 30.5. The predicted molar refractivity (Wildman–Crippen MR) is 152 cm³/mol. The molecule has 6 fully saturated rings. The normalized spacial score (nSPS) is 52.8. The van der Waals surface area contributed by atoms with Crippen molar-refractivity contribution in [3.8, 4) is 0 Å². The van der Waals surface area contributed by atoms with Crippen LogP contribution in [0.5, 0.6) is 0 Å². The van der Waals surface area contributed by atoms with Crippen molar-refractivity contribution in [3.05, 3.63) is 23.3 Å². The largest absolute Gasteiger partial charge is 0.458 e. The van der Waals surface area contributed by atoms with Crippen molar-refractivity contribution in [2.75, 3.05) is 0 Å². The molecule has 4 heterocycles. The molecule has 4 aliphatic carbocycles. The summed E-state index contributed by atoms with van der Waals surface area (Å²) in [5.74, 6) is -0.715. The second-order valence-electron chi connectivity index (χ2n) is 16.3. The first-order valence-electron chi connectivity index (χ1n) is 16.2. The SMILES string of the molecule is CC(=O)O[C@H]1C=C2[C@@H]3O[C@H]4O[C@@H]5O[C@H](O[C@@]24[C@@]2(C)CCCC(C)(C)[C@H]12)C1=C[C@H](OC(C)=O)[C@H]2C(C)(C)CCC[C@]2(C)[C@]15O3. The number of hydrogen-bond acceptors (Lipinski definition) is 9. The van der Waals surface area contributed by atoms with Crippen molar-refractivity contribution in [1.29, 1.82) is 0 Å². The molecular weight excluding hydrogens is 552 g/mol. The van der Waals surface area contributed by atoms with Crippen molar-refractivity contribution >= 4 is 11.9 Å². The fourth-order valence-electron chi connectivity index (χ4n) is 11.9. The number of carbonyl (C=O) groups is 2. The van der Waals surface area contributed by atoms with Crippen LogP contribution in [0.2, 0.25) is 0 Å². The summed E-state index contributed by atoms with van der Waals surface area (Å²) in [7, 11) is 0. The van der Waals surface area contributed by atoms with E-state index in [1.807, 2.05) is 0 Å². The van der Waals surface area contributed by atoms with Gasteiger partial charge in [0.2, 0.25) is 0 Å². The van der Waals surface area contributed by atoms with E-state index in [0.29, 0.717) is 0 Å². The Morgan fingerprint density at radius 1 is 0.651 bits per heavy atom. The average molecular weight is 599 g/mol. The third kappa shape index (κ3) is 3.26. The van der Waals surface area contributed by atoms with Crippen molar-refractivity contribution in [2.24, 2.45) is 33.5 Å². The lowest BCUT2D eigenvalue weighted by Crippen LogP contribution is -2.72. The van der Waals surface area contributed by atoms with Crippen molar-refractivity contribution < 1.29 is 42.7 Å². The number of rotatable bonds is 2. The van der Waals surface area contributed by atoms with Crippen LogP contribution in [0.15, 0.2) is 23.3 Å². The Kier molecular flexibility index (Phi) is 5.68. The highest BCUT2D eigenvalue weighted by Gasteiger charge is 2.83. The van der Waals surface area contributed by atoms with Gasteiger partial charge in [-0.1, -0.05) is 54.4 Å². The summed E-state index contributed by atoms with van der Waals surface area (Å²) in [6, 6.07) is 0. The Hall–Kier alpha value is -1.78. The van der Waals surface area contributed by atoms with Crippen molar-refractivity contribution in [2.45, 2.75) is 142 Å². The quantitative estimate of drug-likeness (QED) is 0.309. The van der Waals surface area contributed by atoms with Crippen LogP contribution in [0.1, 0.15) is 93.9 Å². The smallest absolute Gasteiger partial charge is 0.303 e. The fourth-order valence-corrected chi connectivity index (χ4v) is 11.9. The Labute approximate surface area is 253 Å². The molecule has 4 bridgehead atoms. The minimum atomic E-state index is -1.01. The summed E-state index contributed by atoms with van der Waals surface area (Å²) in [6.07, 6.45) is 5.87. The Balaban J connectivity index is 1.36. The maximum Gasteiger partial charge on any atom is 0.303 e. The van der Waals surface area contributed by atoms with E-state index in [9.17, 15) is 9.59 Å². The molecule has 0 aromatic rings. The van der Waals surface area contributed by atoms with Crippen LogP contribution in [0.4, 0.5) is 0 Å². The number of esters is 2. The molecule has 0 amide bonds. The van der Waals surface area contributed by atoms with E-state index in [2.05, 4.69) is 53.7 Å². The van der Waals surface area contributed by atoms with Crippen LogP contribution >= 0.6 is 0 Å². The summed E-state index contributed by atoms with van der Waals surface area (Å²) < 4.78 is 47.4. The number of ether oxygens (including phenoxy) is 7. The van der Waals surface area contributed by atoms with E-state index >= 15 is 0 Å². The average Bonchev–Trinajstić information content (AvgIpc) is 3.18. The summed E-state index contributed by atoms with van der Waals surface area (Å²) >= 11 is 0. The highest BCUT2D eigenvalue weighted by molar-refractivity contribution is 5.67. The number of carbonyl (C=O) groups excluding carboxylic acids is 2. The maximum atomic E-state index is 12.5. The second kappa shape index (κ2) is 8.52. The molecule has 9 heteroatoms. The van der Waals surface area contributed by atoms with Gasteiger partial charge in [0.15, 0.2) is 36.4 Å². The summed E-state index contributed by atoms with van der Waals surface area (Å²) in [5.41, 5.74) is -1.66. The molecular formula is C34H46O9. The van der Waals surface area contributed by atoms with Gasteiger partial charge in [-0.3, -0.25) is 9.59 Å². The van der Waals surface area contributed by atoms with Crippen molar-refractivity contribution in [3.63, 3.8) is 0 Å². The van der Waals surface area contributed by atoms with Crippen LogP contribution in [0, 0.1) is 33.5 Å². The number of hydrogen-bond donors (Lipinski definition) is 0. The lowest BCUT2D eigenvalue weighted by Gasteiger charge is -2.65. The first-order valence-corrected chi connectivity index (χ1v) is 16.2. The van der Waals surface area contributed by atoms with Gasteiger partial charge in [0.1, 0.15) is 12.2 Å². The molecule has 0 aromatic heterocycles. The molecule has 0 radical (unpaired) electrons. The highest BCUT2D eigenvalue weighted by Crippen LogP contribution is 2.74. The van der Waals surface area contributed by atoms with Crippen LogP contribution < -0.4 is 0 Å². The Morgan fingerprint density at radius 2 is 1.05 bits per heavy atom. The third-order valence-electron chi connectivity index (χ3n) is 13.1. The molecule has 4 aliphatic heterocycles. The zero-order valence-electron chi connectivity index (χ0n) is 26.7. The molecule has 2 spiro atoms. The second-order valence-corrected chi connectivity index (χ2v) is 16.3. The molecule has 8 aliphatic rings. The van der Waals surface area contributed by atoms with Crippen LogP contribution in [-0.4, -0.2) is 60.5 Å². The van der Waals surface area contributed by atoms with E-state index in [-0.39, 0.29) is 34.6 Å². The van der Waals surface area contributed by atoms with Gasteiger partial charge in [0.25, 0.3) is 0 Å². The molecule has 12 atom stereocenters. The molecule has 236 valence electrons. The highest BCUT2D eigenvalue weighted by atomic mass is 16.9. The predicted octanol–water partition coefficient (Wildman–Crippen LogP) is 5.31. The number of fused-ring (bicyclic) bond motifs is 6. The van der Waals surface area contributed by atoms with Gasteiger partial charge >= 0.3 is 11.9 Å². The summed E-state index contributed by atoms with van der Waals surface area (Å²) in [6.45, 7) is 16.5. The maximum absolute atomic E-state index is 12.5. The molecule has 43 heavy (non-hydrogen) atoms. The minimum absolute atomic E-state index is 0.0502. The molecule has 0 aromatic carbocycles. The van der Waals surface area contributed by atoms with Gasteiger partial charge in [-0.25, -0.2) is 0 Å². The fraction of sp³-hybridized carbons (Fsp3) is 0.824. The van der Waals surface area contributed by atoms with Crippen LogP contribution in [0.25, 0.3) is 0 Å². The van der Waals surface area contributed by atoms with E-state index in [1.165, 1.54) is 13.8 Å². The molecule has 4 saturated heterocycles. The standard InChI is InChI=1S/C34H46O9/c1-17(35)37-21-15-19-25-39-27-33(19,31(7)13-9-11-29(3,4)23(21)31)43-26-20-16-22(38-18(2)36)24-30(5,6)12-10-14-32(24,8)34(20,42-25)28(40-26)41-27/h15-16,21-28H,9-14H2,1-8H3/t21-,22-,23-,24-,25+,26+,27-,28-,31-,32-,33-,34-/m0/s1. The lowest BCUT2D eigenvalue weighted by molar-refractivity contribution is -0.295. The topological polar surface area (TPSA) is 98.8 Å². The van der Waals surface area contributed by atoms with Crippen LogP contribution in [0.3, 0.4) is 0 Å². The van der Waals surface area contributed by atoms with E-state index < -0.39 is 59.4 Å². The molecule has 9 nitrogen and oxygen atoms in total. The Morgan fingerprint density at radius 3 is 1.42 bits per heavy atom. The molecule has 0 N–H and O–H groups in total. The van der Waals surface area contributed by atoms with Gasteiger partial charge in [0, 0.05) is 47.7 Å². The first-order chi connectivity index (χ1) is 20.1. The first kappa shape index (κ1) is 28.7. The monoisotopic (exact) mass is 598 g/mol. The molecule has 0 unspecified atom stereocenters. The van der Waals surface area contributed by atoms with Crippen molar-refractivity contribution in [1.82, 2.24) is 0 Å². The minimum Gasteiger partial charge on any atom is -0.458 e.